The van der Waals surface area contributed by atoms with Gasteiger partial charge in [-0.2, -0.15) is 0 Å². The summed E-state index contributed by atoms with van der Waals surface area (Å²) in [5.41, 5.74) is -0.110. The lowest BCUT2D eigenvalue weighted by Gasteiger charge is -2.21. The second kappa shape index (κ2) is 22.1. The van der Waals surface area contributed by atoms with Crippen LogP contribution in [0.5, 0.6) is 0 Å². The molecule has 7 nitrogen and oxygen atoms in total. The maximum absolute atomic E-state index is 12.5. The predicted molar refractivity (Wildman–Crippen MR) is 146 cm³/mol. The first-order valence-corrected chi connectivity index (χ1v) is 14.4. The molecule has 0 aliphatic carbocycles. The summed E-state index contributed by atoms with van der Waals surface area (Å²) in [6.07, 6.45) is 15.5. The Morgan fingerprint density at radius 3 is 1.65 bits per heavy atom. The van der Waals surface area contributed by atoms with E-state index in [0.717, 1.165) is 25.7 Å². The molecule has 0 fully saturated rings. The van der Waals surface area contributed by atoms with Gasteiger partial charge in [0.05, 0.1) is 11.1 Å². The minimum atomic E-state index is -1.18. The van der Waals surface area contributed by atoms with E-state index in [1.807, 2.05) is 0 Å². The number of unbranched alkanes of at least 4 members (excludes halogenated alkanes) is 12. The van der Waals surface area contributed by atoms with E-state index in [2.05, 4.69) is 13.8 Å². The minimum absolute atomic E-state index is 0.00706. The Labute approximate surface area is 224 Å². The van der Waals surface area contributed by atoms with Crippen LogP contribution in [0.15, 0.2) is 24.3 Å². The highest BCUT2D eigenvalue weighted by atomic mass is 16.7. The van der Waals surface area contributed by atoms with Crippen LogP contribution in [0.25, 0.3) is 0 Å². The third kappa shape index (κ3) is 16.5. The lowest BCUT2D eigenvalue weighted by atomic mass is 10.1. The number of carbonyl (C=O) groups is 2. The minimum Gasteiger partial charge on any atom is -0.478 e. The van der Waals surface area contributed by atoms with Crippen molar-refractivity contribution in [1.82, 2.24) is 0 Å². The van der Waals surface area contributed by atoms with Crippen molar-refractivity contribution in [2.45, 2.75) is 123 Å². The molecule has 1 N–H and O–H groups in total. The molecule has 0 saturated carbocycles. The van der Waals surface area contributed by atoms with Crippen molar-refractivity contribution in [3.63, 3.8) is 0 Å². The standard InChI is InChI=1S/C30H50O7/c1-4-6-8-10-12-14-18-22-34-28(35-23-19-15-13-11-9-7-5-2)24-36-25(3)37-30(33)27-21-17-16-20-26(27)29(31)32/h16-17,20-21,25,28H,4-15,18-19,22-24H2,1-3H3,(H,31,32). The average molecular weight is 523 g/mol. The van der Waals surface area contributed by atoms with E-state index in [9.17, 15) is 14.7 Å². The highest BCUT2D eigenvalue weighted by Gasteiger charge is 2.20. The van der Waals surface area contributed by atoms with Crippen molar-refractivity contribution in [1.29, 1.82) is 0 Å². The molecule has 0 aliphatic rings. The van der Waals surface area contributed by atoms with E-state index in [1.165, 1.54) is 76.3 Å². The largest absolute Gasteiger partial charge is 0.478 e. The number of carboxylic acids is 1. The Bertz CT molecular complexity index is 702. The first-order valence-electron chi connectivity index (χ1n) is 14.4. The number of aromatic carboxylic acids is 1. The van der Waals surface area contributed by atoms with Gasteiger partial charge in [0.15, 0.2) is 6.29 Å². The van der Waals surface area contributed by atoms with Crippen molar-refractivity contribution in [3.05, 3.63) is 35.4 Å². The molecule has 0 aliphatic heterocycles. The lowest BCUT2D eigenvalue weighted by Crippen LogP contribution is -2.29. The third-order valence-electron chi connectivity index (χ3n) is 6.22. The van der Waals surface area contributed by atoms with Crippen LogP contribution in [0.1, 0.15) is 131 Å². The molecule has 0 bridgehead atoms. The van der Waals surface area contributed by atoms with Crippen LogP contribution in [0.2, 0.25) is 0 Å². The molecule has 1 rings (SSSR count). The topological polar surface area (TPSA) is 91.3 Å². The molecular formula is C30H50O7. The summed E-state index contributed by atoms with van der Waals surface area (Å²) in [6.45, 7) is 7.36. The van der Waals surface area contributed by atoms with Crippen molar-refractivity contribution >= 4 is 11.9 Å². The number of carboxylic acid groups (broad SMARTS) is 1. The molecular weight excluding hydrogens is 472 g/mol. The molecule has 0 amide bonds. The summed E-state index contributed by atoms with van der Waals surface area (Å²) in [7, 11) is 0. The van der Waals surface area contributed by atoms with Gasteiger partial charge in [-0.1, -0.05) is 103 Å². The third-order valence-corrected chi connectivity index (χ3v) is 6.22. The van der Waals surface area contributed by atoms with Crippen LogP contribution < -0.4 is 0 Å². The monoisotopic (exact) mass is 522 g/mol. The number of hydrogen-bond acceptors (Lipinski definition) is 6. The Balaban J connectivity index is 2.44. The highest BCUT2D eigenvalue weighted by Crippen LogP contribution is 2.13. The predicted octanol–water partition coefficient (Wildman–Crippen LogP) is 7.76. The molecule has 0 saturated heterocycles. The van der Waals surface area contributed by atoms with Crippen molar-refractivity contribution in [2.24, 2.45) is 0 Å². The lowest BCUT2D eigenvalue weighted by molar-refractivity contribution is -0.204. The molecule has 0 heterocycles. The maximum atomic E-state index is 12.5. The average Bonchev–Trinajstić information content (AvgIpc) is 2.89. The highest BCUT2D eigenvalue weighted by molar-refractivity contribution is 6.02. The summed E-state index contributed by atoms with van der Waals surface area (Å²) in [4.78, 5) is 23.9. The second-order valence-electron chi connectivity index (χ2n) is 9.57. The van der Waals surface area contributed by atoms with Crippen molar-refractivity contribution in [2.75, 3.05) is 19.8 Å². The molecule has 1 aromatic rings. The van der Waals surface area contributed by atoms with Gasteiger partial charge in [0.25, 0.3) is 0 Å². The Morgan fingerprint density at radius 2 is 1.16 bits per heavy atom. The fourth-order valence-corrected chi connectivity index (χ4v) is 4.00. The Morgan fingerprint density at radius 1 is 0.703 bits per heavy atom. The molecule has 1 unspecified atom stereocenters. The zero-order chi connectivity index (χ0) is 27.1. The van der Waals surface area contributed by atoms with Gasteiger partial charge in [0, 0.05) is 13.2 Å². The fourth-order valence-electron chi connectivity index (χ4n) is 4.00. The van der Waals surface area contributed by atoms with Crippen LogP contribution in [-0.4, -0.2) is 49.4 Å². The first-order chi connectivity index (χ1) is 18.0. The SMILES string of the molecule is CCCCCCCCCOC(COC(C)OC(=O)c1ccccc1C(=O)O)OCCCCCCCCC. The summed E-state index contributed by atoms with van der Waals surface area (Å²) >= 11 is 0. The van der Waals surface area contributed by atoms with E-state index < -0.39 is 24.5 Å². The molecule has 1 atom stereocenters. The van der Waals surface area contributed by atoms with Gasteiger partial charge in [0.2, 0.25) is 6.29 Å². The van der Waals surface area contributed by atoms with E-state index in [4.69, 9.17) is 18.9 Å². The van der Waals surface area contributed by atoms with Gasteiger partial charge in [-0.15, -0.1) is 0 Å². The Hall–Kier alpha value is -1.96. The molecule has 0 radical (unpaired) electrons. The quantitative estimate of drug-likeness (QED) is 0.0842. The zero-order valence-electron chi connectivity index (χ0n) is 23.4. The second-order valence-corrected chi connectivity index (χ2v) is 9.57. The summed E-state index contributed by atoms with van der Waals surface area (Å²) in [6, 6.07) is 5.96. The van der Waals surface area contributed by atoms with Crippen LogP contribution >= 0.6 is 0 Å². The van der Waals surface area contributed by atoms with Crippen LogP contribution in [0.4, 0.5) is 0 Å². The van der Waals surface area contributed by atoms with Gasteiger partial charge >= 0.3 is 11.9 Å². The fraction of sp³-hybridized carbons (Fsp3) is 0.733. The maximum Gasteiger partial charge on any atom is 0.341 e. The van der Waals surface area contributed by atoms with Crippen LogP contribution in [0.3, 0.4) is 0 Å². The number of ether oxygens (including phenoxy) is 4. The number of carbonyl (C=O) groups excluding carboxylic acids is 1. The molecule has 0 aromatic heterocycles. The van der Waals surface area contributed by atoms with E-state index in [-0.39, 0.29) is 17.7 Å². The van der Waals surface area contributed by atoms with E-state index in [0.29, 0.717) is 13.2 Å². The summed E-state index contributed by atoms with van der Waals surface area (Å²) in [5, 5.41) is 9.30. The van der Waals surface area contributed by atoms with Gasteiger partial charge in [-0.25, -0.2) is 9.59 Å². The molecule has 1 aromatic carbocycles. The Kier molecular flexibility index (Phi) is 19.7. The normalized spacial score (nSPS) is 12.1. The smallest absolute Gasteiger partial charge is 0.341 e. The van der Waals surface area contributed by atoms with Crippen molar-refractivity contribution < 1.29 is 33.6 Å². The van der Waals surface area contributed by atoms with Crippen molar-refractivity contribution in [3.8, 4) is 0 Å². The molecule has 212 valence electrons. The van der Waals surface area contributed by atoms with Gasteiger partial charge in [-0.3, -0.25) is 0 Å². The van der Waals surface area contributed by atoms with E-state index >= 15 is 0 Å². The van der Waals surface area contributed by atoms with E-state index in [1.54, 1.807) is 19.1 Å². The zero-order valence-corrected chi connectivity index (χ0v) is 23.4. The van der Waals surface area contributed by atoms with Crippen LogP contribution in [-0.2, 0) is 18.9 Å². The molecule has 0 spiro atoms. The first kappa shape index (κ1) is 33.1. The number of esters is 1. The summed E-state index contributed by atoms with van der Waals surface area (Å²) < 4.78 is 22.9. The van der Waals surface area contributed by atoms with Gasteiger partial charge in [0.1, 0.15) is 6.61 Å². The molecule has 37 heavy (non-hydrogen) atoms. The van der Waals surface area contributed by atoms with Gasteiger partial charge in [-0.05, 0) is 31.9 Å². The van der Waals surface area contributed by atoms with Crippen LogP contribution in [0, 0.1) is 0 Å². The van der Waals surface area contributed by atoms with Gasteiger partial charge < -0.3 is 24.1 Å². The number of benzene rings is 1. The molecule has 7 heteroatoms. The number of rotatable bonds is 24. The summed E-state index contributed by atoms with van der Waals surface area (Å²) in [5.74, 6) is -1.92. The number of hydrogen-bond donors (Lipinski definition) is 1.